The first-order valence-corrected chi connectivity index (χ1v) is 7.68. The predicted molar refractivity (Wildman–Crippen MR) is 82.8 cm³/mol. The summed E-state index contributed by atoms with van der Waals surface area (Å²) in [6.45, 7) is 4.45. The van der Waals surface area contributed by atoms with Gasteiger partial charge in [0, 0.05) is 12.6 Å². The number of nitrogens with zero attached hydrogens (tertiary/aromatic N) is 1. The lowest BCUT2D eigenvalue weighted by Crippen LogP contribution is -2.40. The van der Waals surface area contributed by atoms with E-state index in [9.17, 15) is 0 Å². The molecule has 0 bridgehead atoms. The van der Waals surface area contributed by atoms with Crippen LogP contribution in [0.1, 0.15) is 36.5 Å². The molecule has 19 heavy (non-hydrogen) atoms. The maximum Gasteiger partial charge on any atom is 0.0235 e. The molecule has 1 atom stereocenters. The monoisotopic (exact) mass is 260 g/mol. The number of likely N-dealkylation sites (N-methyl/N-ethyl adjacent to an activating group) is 1. The first-order valence-electron chi connectivity index (χ1n) is 7.68. The highest BCUT2D eigenvalue weighted by Crippen LogP contribution is 2.23. The minimum Gasteiger partial charge on any atom is -0.312 e. The third-order valence-electron chi connectivity index (χ3n) is 3.91. The number of rotatable bonds is 7. The quantitative estimate of drug-likeness (QED) is 0.811. The van der Waals surface area contributed by atoms with Gasteiger partial charge in [0.2, 0.25) is 0 Å². The molecule has 1 aliphatic rings. The molecule has 0 amide bonds. The minimum atomic E-state index is 0.564. The average Bonchev–Trinajstić information content (AvgIpc) is 2.82. The third-order valence-corrected chi connectivity index (χ3v) is 3.91. The van der Waals surface area contributed by atoms with Crippen molar-refractivity contribution >= 4 is 0 Å². The van der Waals surface area contributed by atoms with Crippen LogP contribution in [-0.4, -0.2) is 38.1 Å². The second kappa shape index (κ2) is 7.06. The Bertz CT molecular complexity index is 398. The molecule has 0 aliphatic heterocycles. The van der Waals surface area contributed by atoms with Gasteiger partial charge in [-0.25, -0.2) is 0 Å². The molecule has 1 unspecified atom stereocenters. The minimum absolute atomic E-state index is 0.564. The van der Waals surface area contributed by atoms with Crippen LogP contribution >= 0.6 is 0 Å². The summed E-state index contributed by atoms with van der Waals surface area (Å²) in [6, 6.07) is 7.69. The Morgan fingerprint density at radius 2 is 2.00 bits per heavy atom. The van der Waals surface area contributed by atoms with Crippen molar-refractivity contribution in [1.82, 2.24) is 10.2 Å². The number of nitrogens with one attached hydrogen (secondary N) is 1. The summed E-state index contributed by atoms with van der Waals surface area (Å²) in [5.41, 5.74) is 4.67. The number of hydrogen-bond donors (Lipinski definition) is 1. The van der Waals surface area contributed by atoms with Gasteiger partial charge in [0.25, 0.3) is 0 Å². The fraction of sp³-hybridized carbons (Fsp3) is 0.647. The van der Waals surface area contributed by atoms with Gasteiger partial charge in [-0.1, -0.05) is 25.1 Å². The topological polar surface area (TPSA) is 15.3 Å². The van der Waals surface area contributed by atoms with E-state index in [0.29, 0.717) is 6.04 Å². The number of fused-ring (bicyclic) bond motifs is 1. The van der Waals surface area contributed by atoms with Crippen molar-refractivity contribution in [2.75, 3.05) is 27.2 Å². The van der Waals surface area contributed by atoms with E-state index in [2.05, 4.69) is 49.4 Å². The molecule has 0 aromatic heterocycles. The lowest BCUT2D eigenvalue weighted by Gasteiger charge is -2.22. The Hall–Kier alpha value is -0.860. The Balaban J connectivity index is 1.99. The van der Waals surface area contributed by atoms with Gasteiger partial charge in [0.1, 0.15) is 0 Å². The van der Waals surface area contributed by atoms with Crippen LogP contribution < -0.4 is 5.32 Å². The van der Waals surface area contributed by atoms with Crippen molar-refractivity contribution in [3.63, 3.8) is 0 Å². The van der Waals surface area contributed by atoms with Gasteiger partial charge < -0.3 is 10.2 Å². The average molecular weight is 260 g/mol. The second-order valence-electron chi connectivity index (χ2n) is 6.07. The Morgan fingerprint density at radius 3 is 2.74 bits per heavy atom. The van der Waals surface area contributed by atoms with E-state index in [4.69, 9.17) is 0 Å². The zero-order valence-corrected chi connectivity index (χ0v) is 12.7. The first-order chi connectivity index (χ1) is 9.19. The van der Waals surface area contributed by atoms with Gasteiger partial charge in [-0.15, -0.1) is 0 Å². The summed E-state index contributed by atoms with van der Waals surface area (Å²) in [5, 5.41) is 3.68. The smallest absolute Gasteiger partial charge is 0.0235 e. The third kappa shape index (κ3) is 4.32. The number of benzene rings is 1. The molecule has 0 radical (unpaired) electrons. The molecule has 1 aromatic carbocycles. The number of hydrogen-bond acceptors (Lipinski definition) is 2. The zero-order valence-electron chi connectivity index (χ0n) is 12.7. The molecule has 0 fully saturated rings. The molecule has 2 rings (SSSR count). The van der Waals surface area contributed by atoms with E-state index in [1.54, 1.807) is 11.1 Å². The van der Waals surface area contributed by atoms with E-state index in [1.165, 1.54) is 31.2 Å². The van der Waals surface area contributed by atoms with Crippen LogP contribution in [0.3, 0.4) is 0 Å². The molecule has 1 N–H and O–H groups in total. The molecule has 0 spiro atoms. The molecule has 1 aliphatic carbocycles. The predicted octanol–water partition coefficient (Wildman–Crippen LogP) is 2.65. The first kappa shape index (κ1) is 14.5. The van der Waals surface area contributed by atoms with E-state index in [0.717, 1.165) is 19.5 Å². The summed E-state index contributed by atoms with van der Waals surface area (Å²) in [7, 11) is 4.31. The van der Waals surface area contributed by atoms with Gasteiger partial charge in [-0.05, 0) is 69.4 Å². The molecule has 0 heterocycles. The van der Waals surface area contributed by atoms with Crippen LogP contribution in [0.25, 0.3) is 0 Å². The zero-order chi connectivity index (χ0) is 13.7. The molecular formula is C17H28N2. The summed E-state index contributed by atoms with van der Waals surface area (Å²) in [6.07, 6.45) is 6.25. The highest BCUT2D eigenvalue weighted by Gasteiger charge is 2.14. The van der Waals surface area contributed by atoms with Gasteiger partial charge >= 0.3 is 0 Å². The molecule has 0 saturated heterocycles. The maximum absolute atomic E-state index is 3.68. The SMILES string of the molecule is CCCNC(Cc1ccc2c(c1)CCC2)CN(C)C. The van der Waals surface area contributed by atoms with Gasteiger partial charge in [0.05, 0.1) is 0 Å². The van der Waals surface area contributed by atoms with E-state index >= 15 is 0 Å². The lowest BCUT2D eigenvalue weighted by atomic mass is 10.0. The Labute approximate surface area is 118 Å². The highest BCUT2D eigenvalue weighted by atomic mass is 15.1. The van der Waals surface area contributed by atoms with Crippen LogP contribution in [0.5, 0.6) is 0 Å². The molecule has 2 nitrogen and oxygen atoms in total. The molecule has 106 valence electrons. The summed E-state index contributed by atoms with van der Waals surface area (Å²) < 4.78 is 0. The van der Waals surface area contributed by atoms with Gasteiger partial charge in [-0.3, -0.25) is 0 Å². The standard InChI is InChI=1S/C17H28N2/c1-4-10-18-17(13-19(2)3)12-14-8-9-15-6-5-7-16(15)11-14/h8-9,11,17-18H,4-7,10,12-13H2,1-3H3. The molecule has 0 saturated carbocycles. The summed E-state index contributed by atoms with van der Waals surface area (Å²) in [4.78, 5) is 2.28. The van der Waals surface area contributed by atoms with Crippen molar-refractivity contribution in [3.8, 4) is 0 Å². The Kier molecular flexibility index (Phi) is 5.41. The van der Waals surface area contributed by atoms with E-state index in [1.807, 2.05) is 0 Å². The maximum atomic E-state index is 3.68. The lowest BCUT2D eigenvalue weighted by molar-refractivity contribution is 0.336. The van der Waals surface area contributed by atoms with Crippen molar-refractivity contribution in [3.05, 3.63) is 34.9 Å². The van der Waals surface area contributed by atoms with Gasteiger partial charge in [0.15, 0.2) is 0 Å². The van der Waals surface area contributed by atoms with Crippen LogP contribution in [-0.2, 0) is 19.3 Å². The van der Waals surface area contributed by atoms with E-state index in [-0.39, 0.29) is 0 Å². The van der Waals surface area contributed by atoms with Crippen molar-refractivity contribution in [1.29, 1.82) is 0 Å². The van der Waals surface area contributed by atoms with Crippen molar-refractivity contribution < 1.29 is 0 Å². The fourth-order valence-corrected chi connectivity index (χ4v) is 3.03. The Morgan fingerprint density at radius 1 is 1.21 bits per heavy atom. The summed E-state index contributed by atoms with van der Waals surface area (Å²) in [5.74, 6) is 0. The van der Waals surface area contributed by atoms with Gasteiger partial charge in [-0.2, -0.15) is 0 Å². The molecule has 2 heteroatoms. The highest BCUT2D eigenvalue weighted by molar-refractivity contribution is 5.35. The number of aryl methyl sites for hydroxylation is 2. The van der Waals surface area contributed by atoms with E-state index < -0.39 is 0 Å². The fourth-order valence-electron chi connectivity index (χ4n) is 3.03. The second-order valence-corrected chi connectivity index (χ2v) is 6.07. The van der Waals surface area contributed by atoms with Crippen LogP contribution in [0.2, 0.25) is 0 Å². The molecule has 1 aromatic rings. The molecular weight excluding hydrogens is 232 g/mol. The van der Waals surface area contributed by atoms with Crippen molar-refractivity contribution in [2.45, 2.75) is 45.1 Å². The van der Waals surface area contributed by atoms with Crippen LogP contribution in [0.15, 0.2) is 18.2 Å². The normalized spacial score (nSPS) is 15.8. The largest absolute Gasteiger partial charge is 0.312 e. The van der Waals surface area contributed by atoms with Crippen LogP contribution in [0, 0.1) is 0 Å². The summed E-state index contributed by atoms with van der Waals surface area (Å²) >= 11 is 0. The van der Waals surface area contributed by atoms with Crippen molar-refractivity contribution in [2.24, 2.45) is 0 Å². The van der Waals surface area contributed by atoms with Crippen LogP contribution in [0.4, 0.5) is 0 Å².